The highest BCUT2D eigenvalue weighted by Gasteiger charge is 2.32. The molecule has 1 rings (SSSR count). The van der Waals surface area contributed by atoms with Crippen molar-refractivity contribution >= 4 is 0 Å². The Morgan fingerprint density at radius 2 is 2.09 bits per heavy atom. The van der Waals surface area contributed by atoms with Crippen molar-refractivity contribution < 1.29 is 13.9 Å². The standard InChI is InChI=1S/C4H7F2N.C3H8O/c5-4(6)1-2-7-3-4;1-2-3-4/h7H,1-3H2;4H,2-3H2,1H3. The average Bonchev–Trinajstić information content (AvgIpc) is 2.35. The van der Waals surface area contributed by atoms with Crippen LogP contribution in [0.5, 0.6) is 0 Å². The van der Waals surface area contributed by atoms with Gasteiger partial charge in [-0.25, -0.2) is 8.78 Å². The number of aliphatic hydroxyl groups excluding tert-OH is 1. The first-order valence-corrected chi connectivity index (χ1v) is 3.82. The maximum atomic E-state index is 11.9. The SMILES string of the molecule is CCCO.FC1(F)CCNC1. The van der Waals surface area contributed by atoms with Crippen LogP contribution in [0.25, 0.3) is 0 Å². The summed E-state index contributed by atoms with van der Waals surface area (Å²) in [6.45, 7) is 2.58. The molecule has 1 aliphatic heterocycles. The van der Waals surface area contributed by atoms with Gasteiger partial charge in [0.15, 0.2) is 0 Å². The zero-order chi connectivity index (χ0) is 8.74. The number of hydrogen-bond acceptors (Lipinski definition) is 2. The third kappa shape index (κ3) is 6.19. The lowest BCUT2D eigenvalue weighted by Gasteiger charge is -2.02. The molecule has 0 amide bonds. The molecule has 2 N–H and O–H groups in total. The van der Waals surface area contributed by atoms with Crippen LogP contribution in [-0.2, 0) is 0 Å². The maximum Gasteiger partial charge on any atom is 0.261 e. The molecule has 2 nitrogen and oxygen atoms in total. The third-order valence-corrected chi connectivity index (χ3v) is 1.27. The lowest BCUT2D eigenvalue weighted by atomic mass is 10.3. The molecule has 0 aromatic rings. The summed E-state index contributed by atoms with van der Waals surface area (Å²) in [5, 5.41) is 10.4. The molecule has 11 heavy (non-hydrogen) atoms. The van der Waals surface area contributed by atoms with E-state index in [1.807, 2.05) is 6.92 Å². The van der Waals surface area contributed by atoms with Crippen LogP contribution in [0.15, 0.2) is 0 Å². The molecule has 0 saturated carbocycles. The van der Waals surface area contributed by atoms with Crippen molar-refractivity contribution in [3.05, 3.63) is 0 Å². The predicted octanol–water partition coefficient (Wildman–Crippen LogP) is 1.00. The second-order valence-corrected chi connectivity index (χ2v) is 2.51. The Labute approximate surface area is 65.6 Å². The van der Waals surface area contributed by atoms with Crippen LogP contribution in [-0.4, -0.2) is 30.7 Å². The highest BCUT2D eigenvalue weighted by atomic mass is 19.3. The maximum absolute atomic E-state index is 11.9. The van der Waals surface area contributed by atoms with Gasteiger partial charge in [-0.2, -0.15) is 0 Å². The van der Waals surface area contributed by atoms with Gasteiger partial charge in [0.05, 0.1) is 6.54 Å². The van der Waals surface area contributed by atoms with E-state index in [0.717, 1.165) is 6.42 Å². The first kappa shape index (κ1) is 10.8. The zero-order valence-corrected chi connectivity index (χ0v) is 6.74. The van der Waals surface area contributed by atoms with Crippen molar-refractivity contribution in [2.24, 2.45) is 0 Å². The lowest BCUT2D eigenvalue weighted by molar-refractivity contribution is 0.0238. The summed E-state index contributed by atoms with van der Waals surface area (Å²) in [4.78, 5) is 0. The fourth-order valence-electron chi connectivity index (χ4n) is 0.631. The normalized spacial score (nSPS) is 20.7. The van der Waals surface area contributed by atoms with E-state index >= 15 is 0 Å². The number of halogens is 2. The summed E-state index contributed by atoms with van der Waals surface area (Å²) in [7, 11) is 0. The Morgan fingerprint density at radius 1 is 1.55 bits per heavy atom. The Hall–Kier alpha value is -0.220. The van der Waals surface area contributed by atoms with Gasteiger partial charge < -0.3 is 10.4 Å². The van der Waals surface area contributed by atoms with Gasteiger partial charge in [0.1, 0.15) is 0 Å². The Balaban J connectivity index is 0.000000218. The van der Waals surface area contributed by atoms with Crippen molar-refractivity contribution in [1.82, 2.24) is 5.32 Å². The fourth-order valence-corrected chi connectivity index (χ4v) is 0.631. The zero-order valence-electron chi connectivity index (χ0n) is 6.74. The molecule has 0 radical (unpaired) electrons. The molecule has 0 aromatic carbocycles. The number of hydrogen-bond donors (Lipinski definition) is 2. The summed E-state index contributed by atoms with van der Waals surface area (Å²) in [5.74, 6) is -2.42. The van der Waals surface area contributed by atoms with Gasteiger partial charge in [-0.1, -0.05) is 6.92 Å². The molecule has 0 atom stereocenters. The van der Waals surface area contributed by atoms with Gasteiger partial charge in [-0.05, 0) is 6.42 Å². The Kier molecular flexibility index (Phi) is 5.32. The molecule has 4 heteroatoms. The first-order valence-electron chi connectivity index (χ1n) is 3.82. The average molecular weight is 167 g/mol. The van der Waals surface area contributed by atoms with E-state index in [-0.39, 0.29) is 13.0 Å². The van der Waals surface area contributed by atoms with Gasteiger partial charge in [-0.15, -0.1) is 0 Å². The van der Waals surface area contributed by atoms with Crippen molar-refractivity contribution in [2.75, 3.05) is 19.7 Å². The molecule has 0 bridgehead atoms. The number of nitrogens with one attached hydrogen (secondary N) is 1. The molecule has 0 unspecified atom stereocenters. The van der Waals surface area contributed by atoms with E-state index < -0.39 is 5.92 Å². The van der Waals surface area contributed by atoms with Crippen LogP contribution in [0.2, 0.25) is 0 Å². The van der Waals surface area contributed by atoms with Crippen LogP contribution in [0.3, 0.4) is 0 Å². The molecule has 68 valence electrons. The largest absolute Gasteiger partial charge is 0.396 e. The smallest absolute Gasteiger partial charge is 0.261 e. The highest BCUT2D eigenvalue weighted by Crippen LogP contribution is 2.19. The van der Waals surface area contributed by atoms with Crippen molar-refractivity contribution in [1.29, 1.82) is 0 Å². The molecule has 1 saturated heterocycles. The second kappa shape index (κ2) is 5.43. The van der Waals surface area contributed by atoms with E-state index in [2.05, 4.69) is 5.32 Å². The van der Waals surface area contributed by atoms with Crippen LogP contribution in [0.4, 0.5) is 8.78 Å². The number of alkyl halides is 2. The van der Waals surface area contributed by atoms with Gasteiger partial charge in [0.25, 0.3) is 5.92 Å². The minimum Gasteiger partial charge on any atom is -0.396 e. The van der Waals surface area contributed by atoms with Crippen LogP contribution < -0.4 is 5.32 Å². The van der Waals surface area contributed by atoms with Crippen molar-refractivity contribution in [3.63, 3.8) is 0 Å². The molecule has 0 spiro atoms. The minimum atomic E-state index is -2.42. The third-order valence-electron chi connectivity index (χ3n) is 1.27. The van der Waals surface area contributed by atoms with Gasteiger partial charge in [0, 0.05) is 19.6 Å². The molecular weight excluding hydrogens is 152 g/mol. The summed E-state index contributed by atoms with van der Waals surface area (Å²) >= 11 is 0. The van der Waals surface area contributed by atoms with Crippen molar-refractivity contribution in [2.45, 2.75) is 25.7 Å². The fraction of sp³-hybridized carbons (Fsp3) is 1.00. The Bertz CT molecular complexity index is 88.4. The summed E-state index contributed by atoms with van der Waals surface area (Å²) < 4.78 is 23.8. The quantitative estimate of drug-likeness (QED) is 0.610. The van der Waals surface area contributed by atoms with E-state index in [1.54, 1.807) is 0 Å². The van der Waals surface area contributed by atoms with E-state index in [0.29, 0.717) is 13.2 Å². The summed E-state index contributed by atoms with van der Waals surface area (Å²) in [6, 6.07) is 0. The molecule has 1 aliphatic rings. The van der Waals surface area contributed by atoms with E-state index in [9.17, 15) is 8.78 Å². The molecular formula is C7H15F2NO. The van der Waals surface area contributed by atoms with Crippen LogP contribution in [0.1, 0.15) is 19.8 Å². The topological polar surface area (TPSA) is 32.3 Å². The number of aliphatic hydroxyl groups is 1. The monoisotopic (exact) mass is 167 g/mol. The first-order chi connectivity index (χ1) is 5.12. The molecule has 0 aromatic heterocycles. The molecule has 1 heterocycles. The molecule has 1 fully saturated rings. The second-order valence-electron chi connectivity index (χ2n) is 2.51. The van der Waals surface area contributed by atoms with E-state index in [4.69, 9.17) is 5.11 Å². The predicted molar refractivity (Wildman–Crippen MR) is 39.8 cm³/mol. The summed E-state index contributed by atoms with van der Waals surface area (Å²) in [6.07, 6.45) is 0.882. The summed E-state index contributed by atoms with van der Waals surface area (Å²) in [5.41, 5.74) is 0. The van der Waals surface area contributed by atoms with Gasteiger partial charge in [0.2, 0.25) is 0 Å². The van der Waals surface area contributed by atoms with Crippen LogP contribution in [0, 0.1) is 0 Å². The van der Waals surface area contributed by atoms with Crippen molar-refractivity contribution in [3.8, 4) is 0 Å². The minimum absolute atomic E-state index is 0.00694. The highest BCUT2D eigenvalue weighted by molar-refractivity contribution is 4.77. The lowest BCUT2D eigenvalue weighted by Crippen LogP contribution is -2.18. The van der Waals surface area contributed by atoms with Gasteiger partial charge in [-0.3, -0.25) is 0 Å². The Morgan fingerprint density at radius 3 is 2.18 bits per heavy atom. The number of rotatable bonds is 1. The molecule has 0 aliphatic carbocycles. The van der Waals surface area contributed by atoms with Crippen LogP contribution >= 0.6 is 0 Å². The van der Waals surface area contributed by atoms with Gasteiger partial charge >= 0.3 is 0 Å². The van der Waals surface area contributed by atoms with E-state index in [1.165, 1.54) is 0 Å².